The number of aromatic carboxylic acids is 1. The van der Waals surface area contributed by atoms with Crippen LogP contribution in [0.25, 0.3) is 11.1 Å². The Morgan fingerprint density at radius 3 is 2.17 bits per heavy atom. The third-order valence-electron chi connectivity index (χ3n) is 3.48. The maximum atomic E-state index is 12.5. The van der Waals surface area contributed by atoms with Gasteiger partial charge in [0, 0.05) is 17.2 Å². The highest BCUT2D eigenvalue weighted by atomic mass is 16.5. The largest absolute Gasteiger partial charge is 0.545 e. The van der Waals surface area contributed by atoms with E-state index in [1.54, 1.807) is 55.5 Å². The van der Waals surface area contributed by atoms with E-state index in [-0.39, 0.29) is 5.56 Å². The fraction of sp³-hybridized carbons (Fsp3) is 0.0556. The van der Waals surface area contributed by atoms with Gasteiger partial charge in [0.05, 0.1) is 5.97 Å². The van der Waals surface area contributed by atoms with Gasteiger partial charge in [-0.05, 0) is 24.1 Å². The summed E-state index contributed by atoms with van der Waals surface area (Å²) in [4.78, 5) is 23.9. The molecule has 1 aromatic heterocycles. The maximum absolute atomic E-state index is 12.5. The van der Waals surface area contributed by atoms with E-state index in [4.69, 9.17) is 4.52 Å². The minimum atomic E-state index is -1.30. The molecule has 0 saturated heterocycles. The van der Waals surface area contributed by atoms with Crippen molar-refractivity contribution < 1.29 is 19.2 Å². The fourth-order valence-corrected chi connectivity index (χ4v) is 2.42. The second-order valence-corrected chi connectivity index (χ2v) is 5.16. The maximum Gasteiger partial charge on any atom is 0.257 e. The molecule has 0 saturated carbocycles. The van der Waals surface area contributed by atoms with Crippen LogP contribution in [0.4, 0.5) is 5.82 Å². The molecule has 0 fully saturated rings. The van der Waals surface area contributed by atoms with Crippen molar-refractivity contribution in [2.75, 3.05) is 5.32 Å². The molecule has 120 valence electrons. The highest BCUT2D eigenvalue weighted by molar-refractivity contribution is 6.09. The monoisotopic (exact) mass is 321 g/mol. The third kappa shape index (κ3) is 3.03. The zero-order valence-electron chi connectivity index (χ0n) is 12.8. The van der Waals surface area contributed by atoms with Gasteiger partial charge < -0.3 is 19.7 Å². The van der Waals surface area contributed by atoms with Crippen LogP contribution in [0.1, 0.15) is 26.5 Å². The first-order valence-electron chi connectivity index (χ1n) is 7.20. The number of carboxylic acids is 1. The number of carboxylic acid groups (broad SMARTS) is 1. The first-order chi connectivity index (χ1) is 11.6. The van der Waals surface area contributed by atoms with Crippen LogP contribution >= 0.6 is 0 Å². The molecule has 0 unspecified atom stereocenters. The van der Waals surface area contributed by atoms with Crippen LogP contribution in [0.15, 0.2) is 59.1 Å². The highest BCUT2D eigenvalue weighted by Gasteiger charge is 2.16. The van der Waals surface area contributed by atoms with Gasteiger partial charge in [0.2, 0.25) is 0 Å². The van der Waals surface area contributed by atoms with E-state index >= 15 is 0 Å². The molecular formula is C18H13N2O4-. The summed E-state index contributed by atoms with van der Waals surface area (Å²) < 4.78 is 4.92. The zero-order chi connectivity index (χ0) is 17.1. The molecule has 0 aliphatic rings. The fourth-order valence-electron chi connectivity index (χ4n) is 2.42. The summed E-state index contributed by atoms with van der Waals surface area (Å²) in [7, 11) is 0. The van der Waals surface area contributed by atoms with Crippen LogP contribution in [-0.2, 0) is 0 Å². The number of aryl methyl sites for hydroxylation is 1. The Morgan fingerprint density at radius 1 is 1.00 bits per heavy atom. The van der Waals surface area contributed by atoms with Gasteiger partial charge in [-0.1, -0.05) is 47.6 Å². The van der Waals surface area contributed by atoms with Crippen LogP contribution in [-0.4, -0.2) is 17.0 Å². The molecule has 3 rings (SSSR count). The van der Waals surface area contributed by atoms with E-state index in [0.717, 1.165) is 0 Å². The Labute approximate surface area is 137 Å². The first kappa shape index (κ1) is 15.5. The van der Waals surface area contributed by atoms with Crippen molar-refractivity contribution in [2.24, 2.45) is 0 Å². The molecule has 0 radical (unpaired) electrons. The first-order valence-corrected chi connectivity index (χ1v) is 7.20. The van der Waals surface area contributed by atoms with E-state index in [9.17, 15) is 14.7 Å². The van der Waals surface area contributed by atoms with Crippen molar-refractivity contribution in [3.05, 3.63) is 71.5 Å². The Kier molecular flexibility index (Phi) is 4.11. The second-order valence-electron chi connectivity index (χ2n) is 5.16. The lowest BCUT2D eigenvalue weighted by molar-refractivity contribution is -0.254. The Bertz CT molecular complexity index is 915. The standard InChI is InChI=1S/C18H14N2O4/c1-11-10-16(20-24-11)19-17(21)14-8-4-2-6-12(14)13-7-3-5-9-15(13)18(22)23/h2-10H,1H3,(H,22,23)(H,19,20,21)/p-1. The van der Waals surface area contributed by atoms with Crippen molar-refractivity contribution in [1.82, 2.24) is 5.16 Å². The summed E-state index contributed by atoms with van der Waals surface area (Å²) in [6, 6.07) is 14.7. The molecule has 0 spiro atoms. The Hall–Kier alpha value is -3.41. The molecule has 0 aliphatic heterocycles. The van der Waals surface area contributed by atoms with E-state index < -0.39 is 11.9 Å². The van der Waals surface area contributed by atoms with Crippen LogP contribution in [0.2, 0.25) is 0 Å². The number of carbonyl (C=O) groups excluding carboxylic acids is 2. The van der Waals surface area contributed by atoms with Gasteiger partial charge in [-0.15, -0.1) is 0 Å². The number of nitrogens with one attached hydrogen (secondary N) is 1. The molecular weight excluding hydrogens is 308 g/mol. The lowest BCUT2D eigenvalue weighted by atomic mass is 9.95. The summed E-state index contributed by atoms with van der Waals surface area (Å²) in [5.41, 5.74) is 1.26. The van der Waals surface area contributed by atoms with Crippen molar-refractivity contribution in [3.8, 4) is 11.1 Å². The minimum absolute atomic E-state index is 0.0232. The predicted molar refractivity (Wildman–Crippen MR) is 85.4 cm³/mol. The molecule has 1 N–H and O–H groups in total. The summed E-state index contributed by atoms with van der Waals surface area (Å²) in [6.45, 7) is 1.71. The van der Waals surface area contributed by atoms with E-state index in [0.29, 0.717) is 28.3 Å². The number of anilines is 1. The molecule has 1 heterocycles. The zero-order valence-corrected chi connectivity index (χ0v) is 12.8. The van der Waals surface area contributed by atoms with Gasteiger partial charge in [0.25, 0.3) is 5.91 Å². The average Bonchev–Trinajstić information content (AvgIpc) is 2.99. The molecule has 3 aromatic rings. The molecule has 0 aliphatic carbocycles. The Balaban J connectivity index is 2.03. The summed E-state index contributed by atoms with van der Waals surface area (Å²) in [5, 5.41) is 17.7. The highest BCUT2D eigenvalue weighted by Crippen LogP contribution is 2.27. The SMILES string of the molecule is Cc1cc(NC(=O)c2ccccc2-c2ccccc2C(=O)[O-])no1. The normalized spacial score (nSPS) is 10.4. The van der Waals surface area contributed by atoms with E-state index in [2.05, 4.69) is 10.5 Å². The number of amides is 1. The molecule has 0 atom stereocenters. The second kappa shape index (κ2) is 6.37. The molecule has 2 aromatic carbocycles. The lowest BCUT2D eigenvalue weighted by Crippen LogP contribution is -2.23. The van der Waals surface area contributed by atoms with E-state index in [1.165, 1.54) is 6.07 Å². The van der Waals surface area contributed by atoms with Gasteiger partial charge in [-0.2, -0.15) is 0 Å². The summed E-state index contributed by atoms with van der Waals surface area (Å²) in [5.74, 6) is -0.846. The molecule has 0 bridgehead atoms. The van der Waals surface area contributed by atoms with Crippen molar-refractivity contribution in [1.29, 1.82) is 0 Å². The van der Waals surface area contributed by atoms with Crippen molar-refractivity contribution in [2.45, 2.75) is 6.92 Å². The van der Waals surface area contributed by atoms with Crippen LogP contribution < -0.4 is 10.4 Å². The molecule has 6 heteroatoms. The van der Waals surface area contributed by atoms with Crippen molar-refractivity contribution in [3.63, 3.8) is 0 Å². The number of rotatable bonds is 4. The third-order valence-corrected chi connectivity index (χ3v) is 3.48. The average molecular weight is 321 g/mol. The summed E-state index contributed by atoms with van der Waals surface area (Å²) in [6.07, 6.45) is 0. The smallest absolute Gasteiger partial charge is 0.257 e. The van der Waals surface area contributed by atoms with Crippen molar-refractivity contribution >= 4 is 17.7 Å². The van der Waals surface area contributed by atoms with Gasteiger partial charge in [0.1, 0.15) is 5.76 Å². The van der Waals surface area contributed by atoms with E-state index in [1.807, 2.05) is 0 Å². The number of hydrogen-bond donors (Lipinski definition) is 1. The number of nitrogens with zero attached hydrogens (tertiary/aromatic N) is 1. The molecule has 24 heavy (non-hydrogen) atoms. The molecule has 6 nitrogen and oxygen atoms in total. The predicted octanol–water partition coefficient (Wildman–Crippen LogP) is 2.27. The van der Waals surface area contributed by atoms with Gasteiger partial charge in [0.15, 0.2) is 5.82 Å². The number of carbonyl (C=O) groups is 2. The van der Waals surface area contributed by atoms with Crippen LogP contribution in [0, 0.1) is 6.92 Å². The quantitative estimate of drug-likeness (QED) is 0.795. The number of aromatic nitrogens is 1. The van der Waals surface area contributed by atoms with Gasteiger partial charge in [-0.25, -0.2) is 0 Å². The topological polar surface area (TPSA) is 95.3 Å². The number of benzene rings is 2. The lowest BCUT2D eigenvalue weighted by Gasteiger charge is -2.13. The molecule has 1 amide bonds. The van der Waals surface area contributed by atoms with Gasteiger partial charge in [-0.3, -0.25) is 4.79 Å². The van der Waals surface area contributed by atoms with Gasteiger partial charge >= 0.3 is 0 Å². The Morgan fingerprint density at radius 2 is 1.58 bits per heavy atom. The van der Waals surface area contributed by atoms with Crippen LogP contribution in [0.3, 0.4) is 0 Å². The minimum Gasteiger partial charge on any atom is -0.545 e. The van der Waals surface area contributed by atoms with Crippen LogP contribution in [0.5, 0.6) is 0 Å². The number of hydrogen-bond acceptors (Lipinski definition) is 5. The summed E-state index contributed by atoms with van der Waals surface area (Å²) >= 11 is 0.